The maximum atomic E-state index is 13.2. The first kappa shape index (κ1) is 21.0. The normalized spacial score (nSPS) is 11.6. The van der Waals surface area contributed by atoms with Crippen molar-refractivity contribution in [1.82, 2.24) is 5.16 Å². The molecule has 2 aromatic carbocycles. The molecule has 1 N–H and O–H groups in total. The maximum Gasteiger partial charge on any atom is 0.338 e. The van der Waals surface area contributed by atoms with Crippen molar-refractivity contribution < 1.29 is 28.0 Å². The van der Waals surface area contributed by atoms with Gasteiger partial charge in [0, 0.05) is 5.69 Å². The standard InChI is InChI=1S/C22H21FN2O5/c1-13-20(14(2)30-25-13)12-28-19-9-7-16(8-10-19)22(27)29-15(3)21(26)24-18-6-4-5-17(23)11-18/h4-11,15H,12H2,1-3H3,(H,24,26)/t15-/m0/s1. The fraction of sp³-hybridized carbons (Fsp3) is 0.227. The number of anilines is 1. The van der Waals surface area contributed by atoms with Gasteiger partial charge >= 0.3 is 5.97 Å². The second kappa shape index (κ2) is 9.21. The van der Waals surface area contributed by atoms with Gasteiger partial charge in [-0.3, -0.25) is 4.79 Å². The van der Waals surface area contributed by atoms with Crippen LogP contribution in [-0.4, -0.2) is 23.1 Å². The van der Waals surface area contributed by atoms with Gasteiger partial charge in [-0.2, -0.15) is 0 Å². The van der Waals surface area contributed by atoms with E-state index in [1.165, 1.54) is 31.2 Å². The molecule has 0 saturated carbocycles. The Balaban J connectivity index is 1.54. The Hall–Kier alpha value is -3.68. The molecule has 0 spiro atoms. The first-order valence-corrected chi connectivity index (χ1v) is 9.25. The van der Waals surface area contributed by atoms with E-state index in [-0.39, 0.29) is 11.3 Å². The van der Waals surface area contributed by atoms with Gasteiger partial charge in [0.25, 0.3) is 5.91 Å². The Kier molecular flexibility index (Phi) is 6.46. The van der Waals surface area contributed by atoms with Gasteiger partial charge in [0.2, 0.25) is 0 Å². The number of nitrogens with one attached hydrogen (secondary N) is 1. The summed E-state index contributed by atoms with van der Waals surface area (Å²) >= 11 is 0. The number of ether oxygens (including phenoxy) is 2. The van der Waals surface area contributed by atoms with Crippen molar-refractivity contribution in [2.24, 2.45) is 0 Å². The van der Waals surface area contributed by atoms with Crippen molar-refractivity contribution in [2.75, 3.05) is 5.32 Å². The number of amides is 1. The van der Waals surface area contributed by atoms with Crippen molar-refractivity contribution in [3.63, 3.8) is 0 Å². The van der Waals surface area contributed by atoms with Crippen molar-refractivity contribution in [3.05, 3.63) is 76.9 Å². The molecule has 3 aromatic rings. The van der Waals surface area contributed by atoms with E-state index in [2.05, 4.69) is 10.5 Å². The van der Waals surface area contributed by atoms with Crippen LogP contribution in [0.3, 0.4) is 0 Å². The molecule has 3 rings (SSSR count). The van der Waals surface area contributed by atoms with Gasteiger partial charge in [-0.15, -0.1) is 0 Å². The summed E-state index contributed by atoms with van der Waals surface area (Å²) in [5, 5.41) is 6.37. The van der Waals surface area contributed by atoms with Crippen molar-refractivity contribution >= 4 is 17.6 Å². The zero-order chi connectivity index (χ0) is 21.7. The first-order valence-electron chi connectivity index (χ1n) is 9.25. The van der Waals surface area contributed by atoms with Crippen LogP contribution < -0.4 is 10.1 Å². The van der Waals surface area contributed by atoms with Gasteiger partial charge in [0.1, 0.15) is 23.9 Å². The summed E-state index contributed by atoms with van der Waals surface area (Å²) in [4.78, 5) is 24.4. The lowest BCUT2D eigenvalue weighted by atomic mass is 10.2. The monoisotopic (exact) mass is 412 g/mol. The molecule has 0 aliphatic carbocycles. The number of carbonyl (C=O) groups excluding carboxylic acids is 2. The Morgan fingerprint density at radius 1 is 1.17 bits per heavy atom. The molecule has 0 saturated heterocycles. The molecular formula is C22H21FN2O5. The first-order chi connectivity index (χ1) is 14.3. The molecule has 30 heavy (non-hydrogen) atoms. The fourth-order valence-corrected chi connectivity index (χ4v) is 2.64. The van der Waals surface area contributed by atoms with Crippen LogP contribution in [0.15, 0.2) is 53.1 Å². The van der Waals surface area contributed by atoms with Gasteiger partial charge < -0.3 is 19.3 Å². The topological polar surface area (TPSA) is 90.7 Å². The Bertz CT molecular complexity index is 1030. The van der Waals surface area contributed by atoms with Crippen LogP contribution in [0.4, 0.5) is 10.1 Å². The lowest BCUT2D eigenvalue weighted by molar-refractivity contribution is -0.123. The van der Waals surface area contributed by atoms with Crippen LogP contribution in [0.5, 0.6) is 5.75 Å². The molecule has 7 nitrogen and oxygen atoms in total. The smallest absolute Gasteiger partial charge is 0.338 e. The van der Waals surface area contributed by atoms with E-state index >= 15 is 0 Å². The predicted octanol–water partition coefficient (Wildman–Crippen LogP) is 4.19. The van der Waals surface area contributed by atoms with E-state index in [0.29, 0.717) is 18.1 Å². The Labute approximate surface area is 172 Å². The molecule has 0 aliphatic rings. The molecule has 8 heteroatoms. The fourth-order valence-electron chi connectivity index (χ4n) is 2.64. The molecule has 1 amide bonds. The van der Waals surface area contributed by atoms with Gasteiger partial charge in [-0.05, 0) is 63.2 Å². The maximum absolute atomic E-state index is 13.2. The van der Waals surface area contributed by atoms with Gasteiger partial charge in [-0.1, -0.05) is 11.2 Å². The molecule has 0 fully saturated rings. The number of carbonyl (C=O) groups is 2. The zero-order valence-corrected chi connectivity index (χ0v) is 16.8. The van der Waals surface area contributed by atoms with Gasteiger partial charge in [0.05, 0.1) is 16.8 Å². The summed E-state index contributed by atoms with van der Waals surface area (Å²) in [5.74, 6) is -0.446. The van der Waals surface area contributed by atoms with E-state index in [4.69, 9.17) is 14.0 Å². The van der Waals surface area contributed by atoms with Gasteiger partial charge in [0.15, 0.2) is 6.10 Å². The molecule has 1 atom stereocenters. The molecule has 1 heterocycles. The largest absolute Gasteiger partial charge is 0.489 e. The van der Waals surface area contributed by atoms with E-state index in [1.807, 2.05) is 13.8 Å². The average molecular weight is 412 g/mol. The number of aryl methyl sites for hydroxylation is 2. The summed E-state index contributed by atoms with van der Waals surface area (Å²) in [6.07, 6.45) is -1.06. The number of nitrogens with zero attached hydrogens (tertiary/aromatic N) is 1. The molecule has 0 radical (unpaired) electrons. The summed E-state index contributed by atoms with van der Waals surface area (Å²) in [5.41, 5.74) is 2.18. The number of hydrogen-bond donors (Lipinski definition) is 1. The third-order valence-corrected chi connectivity index (χ3v) is 4.40. The highest BCUT2D eigenvalue weighted by Gasteiger charge is 2.19. The Morgan fingerprint density at radius 3 is 2.53 bits per heavy atom. The van der Waals surface area contributed by atoms with Gasteiger partial charge in [-0.25, -0.2) is 9.18 Å². The van der Waals surface area contributed by atoms with Crippen molar-refractivity contribution in [3.8, 4) is 5.75 Å². The van der Waals surface area contributed by atoms with Crippen molar-refractivity contribution in [2.45, 2.75) is 33.5 Å². The third kappa shape index (κ3) is 5.22. The van der Waals surface area contributed by atoms with Crippen LogP contribution in [0.25, 0.3) is 0 Å². The molecule has 1 aromatic heterocycles. The molecule has 0 aliphatic heterocycles. The highest BCUT2D eigenvalue weighted by atomic mass is 19.1. The minimum absolute atomic E-state index is 0.269. The number of aromatic nitrogens is 1. The lowest BCUT2D eigenvalue weighted by Gasteiger charge is -2.14. The summed E-state index contributed by atoms with van der Waals surface area (Å²) in [6, 6.07) is 11.8. The van der Waals surface area contributed by atoms with E-state index in [0.717, 1.165) is 11.3 Å². The van der Waals surface area contributed by atoms with Crippen LogP contribution in [-0.2, 0) is 16.1 Å². The van der Waals surface area contributed by atoms with Crippen molar-refractivity contribution in [1.29, 1.82) is 0 Å². The van der Waals surface area contributed by atoms with Crippen LogP contribution in [0.1, 0.15) is 34.3 Å². The predicted molar refractivity (Wildman–Crippen MR) is 107 cm³/mol. The highest BCUT2D eigenvalue weighted by Crippen LogP contribution is 2.18. The third-order valence-electron chi connectivity index (χ3n) is 4.40. The quantitative estimate of drug-likeness (QED) is 0.585. The number of benzene rings is 2. The van der Waals surface area contributed by atoms with Crippen LogP contribution >= 0.6 is 0 Å². The van der Waals surface area contributed by atoms with Crippen LogP contribution in [0, 0.1) is 19.7 Å². The average Bonchev–Trinajstić information content (AvgIpc) is 3.04. The summed E-state index contributed by atoms with van der Waals surface area (Å²) in [7, 11) is 0. The summed E-state index contributed by atoms with van der Waals surface area (Å²) in [6.45, 7) is 5.37. The second-order valence-corrected chi connectivity index (χ2v) is 6.66. The molecular weight excluding hydrogens is 391 g/mol. The highest BCUT2D eigenvalue weighted by molar-refractivity contribution is 5.97. The van der Waals surface area contributed by atoms with E-state index in [1.54, 1.807) is 24.3 Å². The minimum Gasteiger partial charge on any atom is -0.489 e. The number of rotatable bonds is 7. The molecule has 0 unspecified atom stereocenters. The lowest BCUT2D eigenvalue weighted by Crippen LogP contribution is -2.30. The number of esters is 1. The number of hydrogen-bond acceptors (Lipinski definition) is 6. The Morgan fingerprint density at radius 2 is 1.90 bits per heavy atom. The zero-order valence-electron chi connectivity index (χ0n) is 16.8. The minimum atomic E-state index is -1.06. The number of halogens is 1. The van der Waals surface area contributed by atoms with E-state index < -0.39 is 23.8 Å². The van der Waals surface area contributed by atoms with E-state index in [9.17, 15) is 14.0 Å². The summed E-state index contributed by atoms with van der Waals surface area (Å²) < 4.78 is 29.2. The SMILES string of the molecule is Cc1noc(C)c1COc1ccc(C(=O)O[C@@H](C)C(=O)Nc2cccc(F)c2)cc1. The molecule has 0 bridgehead atoms. The second-order valence-electron chi connectivity index (χ2n) is 6.66. The van der Waals surface area contributed by atoms with Crippen LogP contribution in [0.2, 0.25) is 0 Å². The molecule has 156 valence electrons.